The van der Waals surface area contributed by atoms with Gasteiger partial charge in [0.2, 0.25) is 0 Å². The molecule has 0 aliphatic heterocycles. The molecule has 7 heteroatoms. The topological polar surface area (TPSA) is 51.8 Å². The minimum Gasteiger partial charge on any atom is -0.323 e. The lowest BCUT2D eigenvalue weighted by Gasteiger charge is -2.14. The van der Waals surface area contributed by atoms with Gasteiger partial charge in [-0.25, -0.2) is 8.78 Å². The van der Waals surface area contributed by atoms with Crippen molar-refractivity contribution < 1.29 is 8.78 Å². The Kier molecular flexibility index (Phi) is 4.82. The summed E-state index contributed by atoms with van der Waals surface area (Å²) in [6.45, 7) is 3.96. The molecule has 0 amide bonds. The number of nitrogens with zero attached hydrogens (tertiary/aromatic N) is 2. The molecule has 1 aromatic heterocycles. The Morgan fingerprint density at radius 3 is 2.70 bits per heavy atom. The zero-order valence-electron chi connectivity index (χ0n) is 11.0. The van der Waals surface area contributed by atoms with Gasteiger partial charge in [-0.15, -0.1) is 5.10 Å². The SMILES string of the molecule is CC(C)c1nnsc1C(N)Cc1c(F)ccc(Br)c1F. The molecule has 0 radical (unpaired) electrons. The molecule has 0 saturated carbocycles. The van der Waals surface area contributed by atoms with Crippen molar-refractivity contribution in [2.24, 2.45) is 5.73 Å². The minimum atomic E-state index is -0.607. The number of rotatable bonds is 4. The lowest BCUT2D eigenvalue weighted by atomic mass is 10.0. The van der Waals surface area contributed by atoms with Crippen molar-refractivity contribution in [3.63, 3.8) is 0 Å². The first-order valence-corrected chi connectivity index (χ1v) is 7.68. The number of aromatic nitrogens is 2. The van der Waals surface area contributed by atoms with E-state index in [1.165, 1.54) is 23.7 Å². The summed E-state index contributed by atoms with van der Waals surface area (Å²) in [6.07, 6.45) is 0.0701. The number of hydrogen-bond acceptors (Lipinski definition) is 4. The van der Waals surface area contributed by atoms with Gasteiger partial charge in [-0.2, -0.15) is 0 Å². The normalized spacial score (nSPS) is 12.9. The van der Waals surface area contributed by atoms with Gasteiger partial charge in [-0.3, -0.25) is 0 Å². The van der Waals surface area contributed by atoms with E-state index < -0.39 is 17.7 Å². The van der Waals surface area contributed by atoms with Crippen LogP contribution in [-0.4, -0.2) is 9.59 Å². The summed E-state index contributed by atoms with van der Waals surface area (Å²) in [5.74, 6) is -1.03. The molecule has 0 bridgehead atoms. The van der Waals surface area contributed by atoms with Crippen molar-refractivity contribution in [3.05, 3.63) is 44.4 Å². The van der Waals surface area contributed by atoms with Gasteiger partial charge in [0.1, 0.15) is 11.6 Å². The summed E-state index contributed by atoms with van der Waals surface area (Å²) < 4.78 is 31.8. The van der Waals surface area contributed by atoms with E-state index in [0.29, 0.717) is 0 Å². The van der Waals surface area contributed by atoms with Crippen molar-refractivity contribution in [2.45, 2.75) is 32.2 Å². The number of halogens is 3. The van der Waals surface area contributed by atoms with Crippen molar-refractivity contribution >= 4 is 27.5 Å². The molecule has 20 heavy (non-hydrogen) atoms. The third-order valence-corrected chi connectivity index (χ3v) is 4.47. The smallest absolute Gasteiger partial charge is 0.143 e. The highest BCUT2D eigenvalue weighted by molar-refractivity contribution is 9.10. The van der Waals surface area contributed by atoms with Crippen LogP contribution in [-0.2, 0) is 6.42 Å². The van der Waals surface area contributed by atoms with Gasteiger partial charge in [0.05, 0.1) is 15.0 Å². The van der Waals surface area contributed by atoms with Crippen LogP contribution in [0.5, 0.6) is 0 Å². The van der Waals surface area contributed by atoms with Crippen LogP contribution in [0.1, 0.15) is 41.9 Å². The average molecular weight is 362 g/mol. The predicted octanol–water partition coefficient (Wildman–Crippen LogP) is 3.94. The van der Waals surface area contributed by atoms with E-state index in [1.807, 2.05) is 13.8 Å². The van der Waals surface area contributed by atoms with Crippen LogP contribution in [0.25, 0.3) is 0 Å². The summed E-state index contributed by atoms with van der Waals surface area (Å²) >= 11 is 4.23. The molecule has 1 unspecified atom stereocenters. The third kappa shape index (κ3) is 3.05. The molecule has 108 valence electrons. The molecule has 0 fully saturated rings. The maximum Gasteiger partial charge on any atom is 0.143 e. The Morgan fingerprint density at radius 1 is 1.35 bits per heavy atom. The maximum absolute atomic E-state index is 14.0. The number of hydrogen-bond donors (Lipinski definition) is 1. The van der Waals surface area contributed by atoms with Crippen molar-refractivity contribution in [1.29, 1.82) is 0 Å². The third-order valence-electron chi connectivity index (χ3n) is 2.99. The standard InChI is InChI=1S/C13H14BrF2N3S/c1-6(2)12-13(20-19-18-12)10(17)5-7-9(15)4-3-8(14)11(7)16/h3-4,6,10H,5,17H2,1-2H3. The molecule has 3 nitrogen and oxygen atoms in total. The van der Waals surface area contributed by atoms with Crippen molar-refractivity contribution in [1.82, 2.24) is 9.59 Å². The molecule has 2 N–H and O–H groups in total. The molecule has 2 rings (SSSR count). The Balaban J connectivity index is 2.30. The Hall–Kier alpha value is -0.920. The Labute approximate surface area is 128 Å². The average Bonchev–Trinajstić information content (AvgIpc) is 2.88. The quantitative estimate of drug-likeness (QED) is 0.838. The monoisotopic (exact) mass is 361 g/mol. The lowest BCUT2D eigenvalue weighted by molar-refractivity contribution is 0.536. The molecule has 0 aliphatic rings. The molecule has 1 heterocycles. The summed E-state index contributed by atoms with van der Waals surface area (Å²) in [6, 6.07) is 2.04. The Bertz CT molecular complexity index is 616. The second-order valence-corrected chi connectivity index (χ2v) is 6.45. The number of nitrogens with two attached hydrogens (primary N) is 1. The summed E-state index contributed by atoms with van der Waals surface area (Å²) in [5, 5.41) is 4.03. The maximum atomic E-state index is 14.0. The second kappa shape index (κ2) is 6.24. The molecule has 2 aromatic rings. The molecule has 1 atom stereocenters. The second-order valence-electron chi connectivity index (χ2n) is 4.81. The van der Waals surface area contributed by atoms with Gasteiger partial charge in [0.15, 0.2) is 0 Å². The van der Waals surface area contributed by atoms with E-state index in [4.69, 9.17) is 5.73 Å². The summed E-state index contributed by atoms with van der Waals surface area (Å²) in [7, 11) is 0. The summed E-state index contributed by atoms with van der Waals surface area (Å²) in [4.78, 5) is 0.777. The van der Waals surface area contributed by atoms with Crippen molar-refractivity contribution in [3.8, 4) is 0 Å². The molecule has 0 saturated heterocycles. The molecule has 0 spiro atoms. The fourth-order valence-corrected chi connectivity index (χ4v) is 3.11. The van der Waals surface area contributed by atoms with Crippen LogP contribution in [0, 0.1) is 11.6 Å². The van der Waals surface area contributed by atoms with Gasteiger partial charge in [-0.1, -0.05) is 18.3 Å². The van der Waals surface area contributed by atoms with E-state index in [9.17, 15) is 8.78 Å². The lowest BCUT2D eigenvalue weighted by Crippen LogP contribution is -2.16. The van der Waals surface area contributed by atoms with Crippen molar-refractivity contribution in [2.75, 3.05) is 0 Å². The molecular formula is C13H14BrF2N3S. The highest BCUT2D eigenvalue weighted by Crippen LogP contribution is 2.30. The van der Waals surface area contributed by atoms with E-state index in [0.717, 1.165) is 10.6 Å². The van der Waals surface area contributed by atoms with Crippen LogP contribution < -0.4 is 5.73 Å². The fraction of sp³-hybridized carbons (Fsp3) is 0.385. The van der Waals surface area contributed by atoms with Gasteiger partial charge >= 0.3 is 0 Å². The highest BCUT2D eigenvalue weighted by Gasteiger charge is 2.22. The van der Waals surface area contributed by atoms with Crippen LogP contribution in [0.3, 0.4) is 0 Å². The van der Waals surface area contributed by atoms with Gasteiger partial charge in [0, 0.05) is 11.6 Å². The molecule has 0 aliphatic carbocycles. The zero-order chi connectivity index (χ0) is 14.9. The largest absolute Gasteiger partial charge is 0.323 e. The molecular weight excluding hydrogens is 348 g/mol. The van der Waals surface area contributed by atoms with E-state index >= 15 is 0 Å². The molecule has 1 aromatic carbocycles. The van der Waals surface area contributed by atoms with Crippen LogP contribution in [0.4, 0.5) is 8.78 Å². The van der Waals surface area contributed by atoms with Gasteiger partial charge < -0.3 is 5.73 Å². The first-order valence-electron chi connectivity index (χ1n) is 6.12. The van der Waals surface area contributed by atoms with Gasteiger partial charge in [-0.05, 0) is 51.9 Å². The summed E-state index contributed by atoms with van der Waals surface area (Å²) in [5.41, 5.74) is 6.85. The van der Waals surface area contributed by atoms with E-state index in [1.54, 1.807) is 0 Å². The zero-order valence-corrected chi connectivity index (χ0v) is 13.4. The van der Waals surface area contributed by atoms with E-state index in [-0.39, 0.29) is 22.4 Å². The Morgan fingerprint density at radius 2 is 2.05 bits per heavy atom. The predicted molar refractivity (Wildman–Crippen MR) is 78.7 cm³/mol. The first kappa shape index (κ1) is 15.5. The first-order chi connectivity index (χ1) is 9.41. The van der Waals surface area contributed by atoms with Crippen LogP contribution in [0.2, 0.25) is 0 Å². The minimum absolute atomic E-state index is 0.0185. The van der Waals surface area contributed by atoms with E-state index in [2.05, 4.69) is 25.5 Å². The highest BCUT2D eigenvalue weighted by atomic mass is 79.9. The van der Waals surface area contributed by atoms with Gasteiger partial charge in [0.25, 0.3) is 0 Å². The number of benzene rings is 1. The fourth-order valence-electron chi connectivity index (χ4n) is 1.93. The van der Waals surface area contributed by atoms with Crippen LogP contribution in [0.15, 0.2) is 16.6 Å². The van der Waals surface area contributed by atoms with Crippen LogP contribution >= 0.6 is 27.5 Å².